The molecule has 0 N–H and O–H groups in total. The van der Waals surface area contributed by atoms with Gasteiger partial charge in [-0.25, -0.2) is 9.37 Å². The van der Waals surface area contributed by atoms with Crippen molar-refractivity contribution in [3.05, 3.63) is 76.1 Å². The maximum atomic E-state index is 14.3. The summed E-state index contributed by atoms with van der Waals surface area (Å²) >= 11 is 0. The Morgan fingerprint density at radius 2 is 2.00 bits per heavy atom. The van der Waals surface area contributed by atoms with Gasteiger partial charge in [-0.2, -0.15) is 13.2 Å². The molecule has 217 valence electrons. The van der Waals surface area contributed by atoms with Gasteiger partial charge in [0.15, 0.2) is 0 Å². The number of ether oxygens (including phenoxy) is 1. The third-order valence-corrected chi connectivity index (χ3v) is 8.74. The van der Waals surface area contributed by atoms with Crippen molar-refractivity contribution in [2.75, 3.05) is 27.2 Å². The van der Waals surface area contributed by atoms with Crippen LogP contribution in [-0.4, -0.2) is 58.1 Å². The first-order valence-corrected chi connectivity index (χ1v) is 14.2. The number of benzene rings is 1. The van der Waals surface area contributed by atoms with Crippen LogP contribution in [0.4, 0.5) is 13.2 Å². The Morgan fingerprint density at radius 3 is 2.68 bits per heavy atom. The molecule has 11 heteroatoms. The molecule has 41 heavy (non-hydrogen) atoms. The van der Waals surface area contributed by atoms with Gasteiger partial charge in [-0.3, -0.25) is 13.9 Å². The monoisotopic (exact) mass is 568 g/mol. The van der Waals surface area contributed by atoms with E-state index in [4.69, 9.17) is 4.74 Å². The SMILES string of the molecule is COC1CC([C@H]([C]2N=NC=[N+]2C)c2cccc(-n3cc4c(C(F)(F)F)cc(CN5CCC[C@H](C)C5)cn4c3=O)c2)C1. The van der Waals surface area contributed by atoms with Crippen LogP contribution in [0.2, 0.25) is 0 Å². The minimum absolute atomic E-state index is 0.0918. The molecule has 2 atom stereocenters. The topological polar surface area (TPSA) is 66.6 Å². The summed E-state index contributed by atoms with van der Waals surface area (Å²) in [6.45, 7) is 4.21. The van der Waals surface area contributed by atoms with E-state index in [9.17, 15) is 18.0 Å². The molecular weight excluding hydrogens is 533 g/mol. The number of likely N-dealkylation sites (N-methyl/N-ethyl adjacent to an activating group) is 1. The number of hydrogen-bond acceptors (Lipinski definition) is 5. The average molecular weight is 569 g/mol. The Balaban J connectivity index is 1.39. The number of rotatable bonds is 7. The van der Waals surface area contributed by atoms with E-state index in [1.807, 2.05) is 29.8 Å². The molecule has 2 fully saturated rings. The first-order chi connectivity index (χ1) is 19.6. The molecule has 0 amide bonds. The number of alkyl halides is 3. The van der Waals surface area contributed by atoms with Gasteiger partial charge in [-0.15, -0.1) is 0 Å². The summed E-state index contributed by atoms with van der Waals surface area (Å²) in [5, 5.41) is 8.44. The minimum atomic E-state index is -4.60. The van der Waals surface area contributed by atoms with Crippen LogP contribution in [0.15, 0.2) is 57.7 Å². The van der Waals surface area contributed by atoms with Crippen LogP contribution in [0.1, 0.15) is 55.2 Å². The highest BCUT2D eigenvalue weighted by Gasteiger charge is 2.45. The maximum Gasteiger partial charge on any atom is 0.418 e. The molecular formula is C30H35F3N6O2+. The first-order valence-electron chi connectivity index (χ1n) is 14.2. The molecule has 1 aliphatic carbocycles. The van der Waals surface area contributed by atoms with E-state index in [1.54, 1.807) is 25.7 Å². The number of pyridine rings is 1. The Hall–Kier alpha value is -3.31. The molecule has 2 aliphatic heterocycles. The van der Waals surface area contributed by atoms with Crippen LogP contribution >= 0.6 is 0 Å². The van der Waals surface area contributed by atoms with Crippen LogP contribution < -0.4 is 5.69 Å². The minimum Gasteiger partial charge on any atom is -0.381 e. The zero-order chi connectivity index (χ0) is 28.9. The van der Waals surface area contributed by atoms with Crippen molar-refractivity contribution in [1.82, 2.24) is 13.9 Å². The fourth-order valence-electron chi connectivity index (χ4n) is 6.58. The van der Waals surface area contributed by atoms with Crippen LogP contribution in [0, 0.1) is 18.0 Å². The number of fused-ring (bicyclic) bond motifs is 1. The van der Waals surface area contributed by atoms with E-state index in [2.05, 4.69) is 22.1 Å². The fraction of sp³-hybridized carbons (Fsp3) is 0.500. The van der Waals surface area contributed by atoms with E-state index in [0.29, 0.717) is 23.7 Å². The van der Waals surface area contributed by atoms with Gasteiger partial charge >= 0.3 is 24.4 Å². The molecule has 3 aliphatic rings. The summed E-state index contributed by atoms with van der Waals surface area (Å²) < 4.78 is 52.7. The largest absolute Gasteiger partial charge is 0.418 e. The maximum absolute atomic E-state index is 14.3. The number of azo groups is 1. The predicted molar refractivity (Wildman–Crippen MR) is 148 cm³/mol. The van der Waals surface area contributed by atoms with Crippen molar-refractivity contribution in [2.45, 2.75) is 57.3 Å². The molecule has 1 saturated heterocycles. The van der Waals surface area contributed by atoms with Gasteiger partial charge in [0.25, 0.3) is 0 Å². The van der Waals surface area contributed by atoms with Crippen LogP contribution in [0.5, 0.6) is 0 Å². The highest BCUT2D eigenvalue weighted by Crippen LogP contribution is 2.47. The normalized spacial score (nSPS) is 24.5. The van der Waals surface area contributed by atoms with Crippen molar-refractivity contribution in [2.24, 2.45) is 22.1 Å². The second-order valence-electron chi connectivity index (χ2n) is 11.7. The number of imidazole rings is 1. The number of halogens is 3. The second kappa shape index (κ2) is 10.8. The highest BCUT2D eigenvalue weighted by molar-refractivity contribution is 5.58. The van der Waals surface area contributed by atoms with Crippen LogP contribution in [0.3, 0.4) is 0 Å². The van der Waals surface area contributed by atoms with Crippen LogP contribution in [-0.2, 0) is 17.5 Å². The van der Waals surface area contributed by atoms with Gasteiger partial charge < -0.3 is 4.74 Å². The molecule has 8 nitrogen and oxygen atoms in total. The predicted octanol–water partition coefficient (Wildman–Crippen LogP) is 5.48. The zero-order valence-corrected chi connectivity index (χ0v) is 23.5. The summed E-state index contributed by atoms with van der Waals surface area (Å²) in [5.41, 5.74) is 0.420. The van der Waals surface area contributed by atoms with Crippen molar-refractivity contribution < 1.29 is 22.5 Å². The third kappa shape index (κ3) is 5.37. The van der Waals surface area contributed by atoms with Crippen molar-refractivity contribution in [1.29, 1.82) is 0 Å². The summed E-state index contributed by atoms with van der Waals surface area (Å²) in [7, 11) is 3.60. The molecule has 3 aromatic rings. The number of hydrogen-bond donors (Lipinski definition) is 0. The van der Waals surface area contributed by atoms with Gasteiger partial charge in [-0.05, 0) is 78.5 Å². The standard InChI is InChI=1S/C30H35F3N6O2/c1-19-6-5-9-37(14-19)15-20-10-25(30(31,32)33)26-17-38(29(40)39(26)16-20)23-8-4-7-21(11-23)27(22-12-24(13-22)41-3)28-35-34-18-36(28)2/h4,7-8,10-11,16-19,22,24,27H,5-6,9,12-15H2,1-3H3/q+1/t19-,22?,24?,27+/m0/s1. The lowest BCUT2D eigenvalue weighted by Gasteiger charge is -2.39. The number of likely N-dealkylation sites (tertiary alicyclic amines) is 1. The highest BCUT2D eigenvalue weighted by atomic mass is 19.4. The molecule has 6 rings (SSSR count). The Labute approximate surface area is 236 Å². The average Bonchev–Trinajstić information content (AvgIpc) is 3.47. The zero-order valence-electron chi connectivity index (χ0n) is 23.5. The van der Waals surface area contributed by atoms with E-state index < -0.39 is 17.4 Å². The smallest absolute Gasteiger partial charge is 0.381 e. The van der Waals surface area contributed by atoms with E-state index in [1.165, 1.54) is 16.8 Å². The lowest BCUT2D eigenvalue weighted by atomic mass is 9.70. The number of nitrogens with zero attached hydrogens (tertiary/aromatic N) is 6. The lowest BCUT2D eigenvalue weighted by molar-refractivity contribution is -0.480. The van der Waals surface area contributed by atoms with Crippen molar-refractivity contribution in [3.8, 4) is 5.69 Å². The molecule has 2 aromatic heterocycles. The molecule has 1 aromatic carbocycles. The summed E-state index contributed by atoms with van der Waals surface area (Å²) in [6, 6.07) is 8.64. The van der Waals surface area contributed by atoms with Gasteiger partial charge in [0.05, 0.1) is 41.0 Å². The molecule has 0 bridgehead atoms. The van der Waals surface area contributed by atoms with Crippen molar-refractivity contribution in [3.63, 3.8) is 0 Å². The first kappa shape index (κ1) is 27.8. The molecule has 1 radical (unpaired) electrons. The van der Waals surface area contributed by atoms with Gasteiger partial charge in [0.1, 0.15) is 0 Å². The van der Waals surface area contributed by atoms with Crippen molar-refractivity contribution >= 4 is 11.9 Å². The number of methoxy groups -OCH3 is 1. The quantitative estimate of drug-likeness (QED) is 0.355. The Kier molecular flexibility index (Phi) is 7.35. The third-order valence-electron chi connectivity index (χ3n) is 8.74. The number of piperidine rings is 1. The fourth-order valence-corrected chi connectivity index (χ4v) is 6.58. The second-order valence-corrected chi connectivity index (χ2v) is 11.7. The van der Waals surface area contributed by atoms with Gasteiger partial charge in [0, 0.05) is 32.6 Å². The molecule has 1 saturated carbocycles. The van der Waals surface area contributed by atoms with E-state index in [0.717, 1.165) is 54.9 Å². The Bertz CT molecular complexity index is 1550. The summed E-state index contributed by atoms with van der Waals surface area (Å²) in [5.74, 6) is 0.669. The van der Waals surface area contributed by atoms with E-state index >= 15 is 0 Å². The molecule has 0 spiro atoms. The van der Waals surface area contributed by atoms with E-state index in [-0.39, 0.29) is 23.5 Å². The summed E-state index contributed by atoms with van der Waals surface area (Å²) in [6.07, 6.45) is 4.77. The molecule has 4 heterocycles. The Morgan fingerprint density at radius 1 is 1.20 bits per heavy atom. The van der Waals surface area contributed by atoms with Crippen LogP contribution in [0.25, 0.3) is 11.2 Å². The lowest BCUT2D eigenvalue weighted by Crippen LogP contribution is -2.37. The summed E-state index contributed by atoms with van der Waals surface area (Å²) in [4.78, 5) is 15.8. The van der Waals surface area contributed by atoms with Gasteiger partial charge in [-0.1, -0.05) is 19.1 Å². The van der Waals surface area contributed by atoms with Gasteiger partial charge in [0.2, 0.25) is 0 Å². The number of aromatic nitrogens is 2. The molecule has 0 unspecified atom stereocenters.